The molecule has 3 heteroatoms. The highest BCUT2D eigenvalue weighted by Gasteiger charge is 2.23. The Balaban J connectivity index is 2.00. The summed E-state index contributed by atoms with van der Waals surface area (Å²) in [5.41, 5.74) is 0. The number of hydrogen-bond donors (Lipinski definition) is 1. The number of imidazole rings is 1. The third-order valence-electron chi connectivity index (χ3n) is 3.36. The molecule has 1 aliphatic carbocycles. The molecule has 2 rings (SSSR count). The van der Waals surface area contributed by atoms with Gasteiger partial charge in [-0.2, -0.15) is 0 Å². The molecule has 0 bridgehead atoms. The molecule has 0 radical (unpaired) electrons. The van der Waals surface area contributed by atoms with Crippen LogP contribution in [0.5, 0.6) is 0 Å². The first-order chi connectivity index (χ1) is 7.31. The van der Waals surface area contributed by atoms with Crippen molar-refractivity contribution in [3.8, 4) is 0 Å². The van der Waals surface area contributed by atoms with Gasteiger partial charge in [-0.15, -0.1) is 0 Å². The fraction of sp³-hybridized carbons (Fsp3) is 0.750. The highest BCUT2D eigenvalue weighted by molar-refractivity contribution is 5.28. The third-order valence-corrected chi connectivity index (χ3v) is 3.36. The summed E-state index contributed by atoms with van der Waals surface area (Å²) in [6, 6.07) is 0.628. The van der Waals surface area contributed by atoms with E-state index in [-0.39, 0.29) is 0 Å². The van der Waals surface area contributed by atoms with E-state index in [1.54, 1.807) is 0 Å². The van der Waals surface area contributed by atoms with Gasteiger partial charge in [0.25, 0.3) is 0 Å². The summed E-state index contributed by atoms with van der Waals surface area (Å²) in [5, 5.41) is 3.58. The molecular weight excluding hydrogens is 186 g/mol. The Morgan fingerprint density at radius 3 is 3.07 bits per heavy atom. The quantitative estimate of drug-likeness (QED) is 0.822. The van der Waals surface area contributed by atoms with Crippen LogP contribution in [-0.2, 0) is 6.54 Å². The highest BCUT2D eigenvalue weighted by Crippen LogP contribution is 2.27. The maximum atomic E-state index is 4.38. The summed E-state index contributed by atoms with van der Waals surface area (Å²) >= 11 is 0. The highest BCUT2D eigenvalue weighted by atomic mass is 15.2. The van der Waals surface area contributed by atoms with E-state index in [2.05, 4.69) is 34.9 Å². The SMILES string of the molecule is CCCn1ccnc1NC1CCCC1C. The molecule has 0 aromatic carbocycles. The van der Waals surface area contributed by atoms with Gasteiger partial charge in [0.05, 0.1) is 0 Å². The van der Waals surface area contributed by atoms with E-state index >= 15 is 0 Å². The summed E-state index contributed by atoms with van der Waals surface area (Å²) in [6.45, 7) is 5.59. The lowest BCUT2D eigenvalue weighted by molar-refractivity contribution is 0.547. The van der Waals surface area contributed by atoms with E-state index < -0.39 is 0 Å². The van der Waals surface area contributed by atoms with Crippen molar-refractivity contribution in [2.75, 3.05) is 5.32 Å². The Labute approximate surface area is 91.9 Å². The van der Waals surface area contributed by atoms with Crippen molar-refractivity contribution in [1.29, 1.82) is 0 Å². The van der Waals surface area contributed by atoms with Gasteiger partial charge in [0.1, 0.15) is 0 Å². The maximum absolute atomic E-state index is 4.38. The van der Waals surface area contributed by atoms with Crippen LogP contribution in [0.25, 0.3) is 0 Å². The van der Waals surface area contributed by atoms with Crippen LogP contribution in [0.1, 0.15) is 39.5 Å². The minimum Gasteiger partial charge on any atom is -0.353 e. The fourth-order valence-corrected chi connectivity index (χ4v) is 2.40. The Kier molecular flexibility index (Phi) is 3.29. The number of aromatic nitrogens is 2. The predicted molar refractivity (Wildman–Crippen MR) is 62.9 cm³/mol. The van der Waals surface area contributed by atoms with E-state index in [1.807, 2.05) is 6.20 Å². The van der Waals surface area contributed by atoms with Gasteiger partial charge in [0, 0.05) is 25.0 Å². The van der Waals surface area contributed by atoms with Crippen molar-refractivity contribution in [3.05, 3.63) is 12.4 Å². The smallest absolute Gasteiger partial charge is 0.202 e. The van der Waals surface area contributed by atoms with Gasteiger partial charge in [0.2, 0.25) is 5.95 Å². The Hall–Kier alpha value is -0.990. The molecule has 3 nitrogen and oxygen atoms in total. The molecule has 2 atom stereocenters. The van der Waals surface area contributed by atoms with Gasteiger partial charge in [-0.3, -0.25) is 0 Å². The lowest BCUT2D eigenvalue weighted by Gasteiger charge is -2.18. The van der Waals surface area contributed by atoms with E-state index in [0.717, 1.165) is 24.8 Å². The average molecular weight is 207 g/mol. The van der Waals surface area contributed by atoms with Crippen molar-refractivity contribution in [3.63, 3.8) is 0 Å². The number of rotatable bonds is 4. The number of anilines is 1. The molecule has 2 unspecified atom stereocenters. The molecule has 84 valence electrons. The van der Waals surface area contributed by atoms with Crippen LogP contribution < -0.4 is 5.32 Å². The topological polar surface area (TPSA) is 29.9 Å². The standard InChI is InChI=1S/C12H21N3/c1-3-8-15-9-7-13-12(15)14-11-6-4-5-10(11)2/h7,9-11H,3-6,8H2,1-2H3,(H,13,14). The van der Waals surface area contributed by atoms with Gasteiger partial charge in [-0.1, -0.05) is 20.3 Å². The molecule has 1 fully saturated rings. The van der Waals surface area contributed by atoms with E-state index in [4.69, 9.17) is 0 Å². The van der Waals surface area contributed by atoms with Crippen LogP contribution in [0, 0.1) is 5.92 Å². The van der Waals surface area contributed by atoms with Gasteiger partial charge in [0.15, 0.2) is 0 Å². The minimum absolute atomic E-state index is 0.628. The number of nitrogens with one attached hydrogen (secondary N) is 1. The Bertz CT molecular complexity index is 306. The van der Waals surface area contributed by atoms with E-state index in [9.17, 15) is 0 Å². The molecule has 0 aliphatic heterocycles. The van der Waals surface area contributed by atoms with Crippen LogP contribution in [0.3, 0.4) is 0 Å². The molecule has 1 aromatic heterocycles. The van der Waals surface area contributed by atoms with Gasteiger partial charge < -0.3 is 9.88 Å². The van der Waals surface area contributed by atoms with Crippen molar-refractivity contribution in [2.45, 2.75) is 52.1 Å². The normalized spacial score (nSPS) is 25.7. The number of hydrogen-bond acceptors (Lipinski definition) is 2. The number of nitrogens with zero attached hydrogens (tertiary/aromatic N) is 2. The molecule has 1 saturated carbocycles. The van der Waals surface area contributed by atoms with Gasteiger partial charge >= 0.3 is 0 Å². The molecule has 0 amide bonds. The van der Waals surface area contributed by atoms with E-state index in [1.165, 1.54) is 19.3 Å². The summed E-state index contributed by atoms with van der Waals surface area (Å²) in [7, 11) is 0. The Morgan fingerprint density at radius 1 is 1.53 bits per heavy atom. The van der Waals surface area contributed by atoms with Gasteiger partial charge in [-0.05, 0) is 25.2 Å². The molecule has 1 aliphatic rings. The average Bonchev–Trinajstić information content (AvgIpc) is 2.80. The Morgan fingerprint density at radius 2 is 2.40 bits per heavy atom. The molecule has 15 heavy (non-hydrogen) atoms. The minimum atomic E-state index is 0.628. The van der Waals surface area contributed by atoms with Crippen molar-refractivity contribution in [2.24, 2.45) is 5.92 Å². The van der Waals surface area contributed by atoms with Crippen LogP contribution in [0.2, 0.25) is 0 Å². The maximum Gasteiger partial charge on any atom is 0.202 e. The first-order valence-corrected chi connectivity index (χ1v) is 6.09. The van der Waals surface area contributed by atoms with Crippen LogP contribution in [0.4, 0.5) is 5.95 Å². The lowest BCUT2D eigenvalue weighted by atomic mass is 10.1. The summed E-state index contributed by atoms with van der Waals surface area (Å²) in [6.07, 6.45) is 9.11. The second-order valence-corrected chi connectivity index (χ2v) is 4.60. The zero-order valence-electron chi connectivity index (χ0n) is 9.74. The second-order valence-electron chi connectivity index (χ2n) is 4.60. The van der Waals surface area contributed by atoms with Crippen LogP contribution >= 0.6 is 0 Å². The van der Waals surface area contributed by atoms with Crippen molar-refractivity contribution < 1.29 is 0 Å². The zero-order valence-corrected chi connectivity index (χ0v) is 9.74. The molecule has 0 spiro atoms. The lowest BCUT2D eigenvalue weighted by Crippen LogP contribution is -2.24. The van der Waals surface area contributed by atoms with Crippen molar-refractivity contribution >= 4 is 5.95 Å². The van der Waals surface area contributed by atoms with E-state index in [0.29, 0.717) is 6.04 Å². The summed E-state index contributed by atoms with van der Waals surface area (Å²) in [4.78, 5) is 4.38. The predicted octanol–water partition coefficient (Wildman–Crippen LogP) is 2.89. The van der Waals surface area contributed by atoms with Gasteiger partial charge in [-0.25, -0.2) is 4.98 Å². The largest absolute Gasteiger partial charge is 0.353 e. The van der Waals surface area contributed by atoms with Crippen LogP contribution in [-0.4, -0.2) is 15.6 Å². The third kappa shape index (κ3) is 2.33. The zero-order chi connectivity index (χ0) is 10.7. The first-order valence-electron chi connectivity index (χ1n) is 6.09. The monoisotopic (exact) mass is 207 g/mol. The molecule has 1 N–H and O–H groups in total. The summed E-state index contributed by atoms with van der Waals surface area (Å²) in [5.74, 6) is 1.84. The molecular formula is C12H21N3. The fourth-order valence-electron chi connectivity index (χ4n) is 2.40. The number of aryl methyl sites for hydroxylation is 1. The summed E-state index contributed by atoms with van der Waals surface area (Å²) < 4.78 is 2.21. The first kappa shape index (κ1) is 10.5. The van der Waals surface area contributed by atoms with Crippen LogP contribution in [0.15, 0.2) is 12.4 Å². The molecule has 1 heterocycles. The molecule has 0 saturated heterocycles. The molecule has 1 aromatic rings. The van der Waals surface area contributed by atoms with Crippen molar-refractivity contribution in [1.82, 2.24) is 9.55 Å². The second kappa shape index (κ2) is 4.69.